The number of carbonyl (C=O) groups is 3. The van der Waals surface area contributed by atoms with Crippen LogP contribution in [0.5, 0.6) is 0 Å². The van der Waals surface area contributed by atoms with Crippen molar-refractivity contribution in [2.75, 3.05) is 13.1 Å². The van der Waals surface area contributed by atoms with Crippen molar-refractivity contribution in [2.24, 2.45) is 5.92 Å². The molecule has 6 nitrogen and oxygen atoms in total. The van der Waals surface area contributed by atoms with Gasteiger partial charge >= 0.3 is 0 Å². The Labute approximate surface area is 194 Å². The molecule has 1 aliphatic heterocycles. The number of likely N-dealkylation sites (tertiary alicyclic amines) is 1. The molecule has 0 spiro atoms. The molecule has 0 bridgehead atoms. The number of rotatable bonds is 7. The summed E-state index contributed by atoms with van der Waals surface area (Å²) >= 11 is 0. The van der Waals surface area contributed by atoms with Crippen molar-refractivity contribution >= 4 is 17.7 Å². The molecule has 0 radical (unpaired) electrons. The van der Waals surface area contributed by atoms with Gasteiger partial charge in [0.25, 0.3) is 11.8 Å². The van der Waals surface area contributed by atoms with Crippen LogP contribution in [0.4, 0.5) is 4.39 Å². The lowest BCUT2D eigenvalue weighted by atomic mass is 9.88. The fourth-order valence-electron chi connectivity index (χ4n) is 3.97. The molecule has 1 heterocycles. The SMILES string of the molecule is CCC(C)NC(=O)C(NC(=O)c1ccc(F)cc1)C1CCN(C(=O)c2ccc(C)cc2)CC1. The fourth-order valence-corrected chi connectivity index (χ4v) is 3.97. The summed E-state index contributed by atoms with van der Waals surface area (Å²) in [5, 5.41) is 5.82. The summed E-state index contributed by atoms with van der Waals surface area (Å²) in [7, 11) is 0. The molecule has 7 heteroatoms. The van der Waals surface area contributed by atoms with E-state index in [0.717, 1.165) is 12.0 Å². The molecular formula is C26H32FN3O3. The minimum Gasteiger partial charge on any atom is -0.352 e. The first kappa shape index (κ1) is 24.4. The van der Waals surface area contributed by atoms with Crippen LogP contribution in [-0.4, -0.2) is 47.8 Å². The summed E-state index contributed by atoms with van der Waals surface area (Å²) in [6.45, 7) is 6.89. The van der Waals surface area contributed by atoms with Gasteiger partial charge in [0.2, 0.25) is 5.91 Å². The van der Waals surface area contributed by atoms with Gasteiger partial charge in [-0.1, -0.05) is 24.6 Å². The zero-order valence-electron chi connectivity index (χ0n) is 19.4. The normalized spacial score (nSPS) is 16.1. The highest BCUT2D eigenvalue weighted by Gasteiger charge is 2.34. The lowest BCUT2D eigenvalue weighted by molar-refractivity contribution is -0.125. The smallest absolute Gasteiger partial charge is 0.253 e. The average molecular weight is 454 g/mol. The van der Waals surface area contributed by atoms with Gasteiger partial charge in [-0.15, -0.1) is 0 Å². The molecule has 0 saturated carbocycles. The lowest BCUT2D eigenvalue weighted by Gasteiger charge is -2.36. The van der Waals surface area contributed by atoms with Crippen LogP contribution >= 0.6 is 0 Å². The van der Waals surface area contributed by atoms with Crippen LogP contribution in [0, 0.1) is 18.7 Å². The highest BCUT2D eigenvalue weighted by atomic mass is 19.1. The van der Waals surface area contributed by atoms with Gasteiger partial charge in [-0.2, -0.15) is 0 Å². The molecule has 0 aliphatic carbocycles. The standard InChI is InChI=1S/C26H32FN3O3/c1-4-18(3)28-25(32)23(29-24(31)20-9-11-22(27)12-10-20)19-13-15-30(16-14-19)26(33)21-7-5-17(2)6-8-21/h5-12,18-19,23H,4,13-16H2,1-3H3,(H,28,32)(H,29,31). The molecule has 176 valence electrons. The topological polar surface area (TPSA) is 78.5 Å². The summed E-state index contributed by atoms with van der Waals surface area (Å²) in [6.07, 6.45) is 1.97. The Kier molecular flexibility index (Phi) is 8.20. The summed E-state index contributed by atoms with van der Waals surface area (Å²) in [5.74, 6) is -1.21. The van der Waals surface area contributed by atoms with Crippen molar-refractivity contribution in [1.82, 2.24) is 15.5 Å². The Bertz CT molecular complexity index is 967. The van der Waals surface area contributed by atoms with Crippen LogP contribution in [-0.2, 0) is 4.79 Å². The van der Waals surface area contributed by atoms with Crippen molar-refractivity contribution < 1.29 is 18.8 Å². The number of aryl methyl sites for hydroxylation is 1. The zero-order chi connectivity index (χ0) is 24.0. The van der Waals surface area contributed by atoms with E-state index in [9.17, 15) is 18.8 Å². The van der Waals surface area contributed by atoms with E-state index in [0.29, 0.717) is 37.1 Å². The number of nitrogens with one attached hydrogen (secondary N) is 2. The van der Waals surface area contributed by atoms with E-state index in [1.165, 1.54) is 24.3 Å². The molecule has 1 fully saturated rings. The Morgan fingerprint density at radius 3 is 2.12 bits per heavy atom. The third-order valence-electron chi connectivity index (χ3n) is 6.27. The van der Waals surface area contributed by atoms with E-state index in [1.54, 1.807) is 4.90 Å². The van der Waals surface area contributed by atoms with Crippen LogP contribution in [0.25, 0.3) is 0 Å². The van der Waals surface area contributed by atoms with Crippen molar-refractivity contribution in [2.45, 2.75) is 52.1 Å². The summed E-state index contributed by atoms with van der Waals surface area (Å²) in [5.41, 5.74) is 2.04. The molecular weight excluding hydrogens is 421 g/mol. The maximum atomic E-state index is 13.2. The molecule has 2 aromatic carbocycles. The number of hydrogen-bond donors (Lipinski definition) is 2. The molecule has 3 amide bonds. The van der Waals surface area contributed by atoms with Crippen molar-refractivity contribution in [3.63, 3.8) is 0 Å². The van der Waals surface area contributed by atoms with Crippen molar-refractivity contribution in [3.05, 3.63) is 71.0 Å². The van der Waals surface area contributed by atoms with Gasteiger partial charge in [-0.25, -0.2) is 4.39 Å². The summed E-state index contributed by atoms with van der Waals surface area (Å²) in [4.78, 5) is 40.5. The minimum absolute atomic E-state index is 0.0223. The first-order valence-electron chi connectivity index (χ1n) is 11.5. The summed E-state index contributed by atoms with van der Waals surface area (Å²) < 4.78 is 13.2. The molecule has 33 heavy (non-hydrogen) atoms. The van der Waals surface area contributed by atoms with Gasteiger partial charge in [0, 0.05) is 30.3 Å². The second-order valence-electron chi connectivity index (χ2n) is 8.77. The average Bonchev–Trinajstić information content (AvgIpc) is 2.82. The van der Waals surface area contributed by atoms with E-state index >= 15 is 0 Å². The molecule has 1 saturated heterocycles. The minimum atomic E-state index is -0.729. The number of halogens is 1. The number of nitrogens with zero attached hydrogens (tertiary/aromatic N) is 1. The zero-order valence-corrected chi connectivity index (χ0v) is 19.4. The maximum absolute atomic E-state index is 13.2. The Balaban J connectivity index is 1.69. The second-order valence-corrected chi connectivity index (χ2v) is 8.77. The van der Waals surface area contributed by atoms with E-state index in [1.807, 2.05) is 45.0 Å². The number of hydrogen-bond acceptors (Lipinski definition) is 3. The monoisotopic (exact) mass is 453 g/mol. The predicted molar refractivity (Wildman–Crippen MR) is 125 cm³/mol. The van der Waals surface area contributed by atoms with Gasteiger partial charge < -0.3 is 15.5 Å². The number of benzene rings is 2. The molecule has 2 aromatic rings. The van der Waals surface area contributed by atoms with Gasteiger partial charge in [-0.05, 0) is 75.4 Å². The van der Waals surface area contributed by atoms with Crippen molar-refractivity contribution in [3.8, 4) is 0 Å². The summed E-state index contributed by atoms with van der Waals surface area (Å²) in [6, 6.07) is 12.0. The van der Waals surface area contributed by atoms with E-state index in [-0.39, 0.29) is 23.8 Å². The highest BCUT2D eigenvalue weighted by molar-refractivity contribution is 5.97. The Morgan fingerprint density at radius 1 is 0.970 bits per heavy atom. The second kappa shape index (κ2) is 11.1. The van der Waals surface area contributed by atoms with Crippen LogP contribution in [0.3, 0.4) is 0 Å². The third-order valence-corrected chi connectivity index (χ3v) is 6.27. The Hall–Kier alpha value is -3.22. The molecule has 2 unspecified atom stereocenters. The van der Waals surface area contributed by atoms with Gasteiger partial charge in [0.05, 0.1) is 0 Å². The number of amides is 3. The highest BCUT2D eigenvalue weighted by Crippen LogP contribution is 2.23. The number of piperidine rings is 1. The lowest BCUT2D eigenvalue weighted by Crippen LogP contribution is -2.55. The first-order chi connectivity index (χ1) is 15.8. The maximum Gasteiger partial charge on any atom is 0.253 e. The van der Waals surface area contributed by atoms with E-state index < -0.39 is 17.8 Å². The quantitative estimate of drug-likeness (QED) is 0.671. The molecule has 3 rings (SSSR count). The van der Waals surface area contributed by atoms with E-state index in [2.05, 4.69) is 10.6 Å². The van der Waals surface area contributed by atoms with Crippen LogP contribution in [0.2, 0.25) is 0 Å². The Morgan fingerprint density at radius 2 is 1.55 bits per heavy atom. The van der Waals surface area contributed by atoms with E-state index in [4.69, 9.17) is 0 Å². The molecule has 1 aliphatic rings. The number of carbonyl (C=O) groups excluding carboxylic acids is 3. The largest absolute Gasteiger partial charge is 0.352 e. The van der Waals surface area contributed by atoms with Crippen LogP contribution in [0.1, 0.15) is 59.4 Å². The predicted octanol–water partition coefficient (Wildman–Crippen LogP) is 3.70. The van der Waals surface area contributed by atoms with Crippen LogP contribution < -0.4 is 10.6 Å². The molecule has 2 N–H and O–H groups in total. The van der Waals surface area contributed by atoms with Crippen molar-refractivity contribution in [1.29, 1.82) is 0 Å². The molecule has 0 aromatic heterocycles. The molecule has 2 atom stereocenters. The van der Waals surface area contributed by atoms with Crippen LogP contribution in [0.15, 0.2) is 48.5 Å². The third kappa shape index (κ3) is 6.40. The first-order valence-corrected chi connectivity index (χ1v) is 11.5. The van der Waals surface area contributed by atoms with Gasteiger partial charge in [0.15, 0.2) is 0 Å². The fraction of sp³-hybridized carbons (Fsp3) is 0.423. The van der Waals surface area contributed by atoms with Gasteiger partial charge in [-0.3, -0.25) is 14.4 Å². The van der Waals surface area contributed by atoms with Gasteiger partial charge in [0.1, 0.15) is 11.9 Å².